The molecule has 0 saturated heterocycles. The number of nitrogen functional groups attached to an aromatic ring is 1. The molecule has 3 nitrogen and oxygen atoms in total. The molecule has 1 aromatic heterocycles. The Hall–Kier alpha value is -1.29. The van der Waals surface area contributed by atoms with Crippen LogP contribution in [0.3, 0.4) is 0 Å². The Bertz CT molecular complexity index is 525. The van der Waals surface area contributed by atoms with Crippen LogP contribution in [-0.2, 0) is 0 Å². The van der Waals surface area contributed by atoms with Crippen LogP contribution in [0.4, 0.5) is 5.69 Å². The molecule has 78 valence electrons. The quantitative estimate of drug-likeness (QED) is 0.864. The summed E-state index contributed by atoms with van der Waals surface area (Å²) in [5.41, 5.74) is 8.44. The number of hydrogen-bond donors (Lipinski definition) is 1. The van der Waals surface area contributed by atoms with E-state index in [1.165, 1.54) is 0 Å². The number of hydrogen-bond acceptors (Lipinski definition) is 3. The van der Waals surface area contributed by atoms with Gasteiger partial charge in [-0.15, -0.1) is 0 Å². The van der Waals surface area contributed by atoms with Crippen molar-refractivity contribution in [2.45, 2.75) is 6.92 Å². The summed E-state index contributed by atoms with van der Waals surface area (Å²) in [6.07, 6.45) is 0. The molecule has 0 aliphatic carbocycles. The number of halogens is 1. The van der Waals surface area contributed by atoms with Gasteiger partial charge in [0.05, 0.1) is 28.5 Å². The number of benzene rings is 1. The molecule has 0 aliphatic rings. The summed E-state index contributed by atoms with van der Waals surface area (Å²) in [6, 6.07) is 5.67. The molecule has 0 atom stereocenters. The number of pyridine rings is 1. The highest BCUT2D eigenvalue weighted by atomic mass is 79.9. The fourth-order valence-corrected chi connectivity index (χ4v) is 1.80. The molecule has 15 heavy (non-hydrogen) atoms. The molecule has 0 fully saturated rings. The summed E-state index contributed by atoms with van der Waals surface area (Å²) >= 11 is 3.42. The van der Waals surface area contributed by atoms with E-state index in [1.54, 1.807) is 7.11 Å². The van der Waals surface area contributed by atoms with Gasteiger partial charge in [0.25, 0.3) is 0 Å². The third-order valence-electron chi connectivity index (χ3n) is 2.34. The van der Waals surface area contributed by atoms with Crippen molar-refractivity contribution in [2.24, 2.45) is 0 Å². The first-order valence-electron chi connectivity index (χ1n) is 4.53. The van der Waals surface area contributed by atoms with E-state index in [1.807, 2.05) is 25.1 Å². The standard InChI is InChI=1S/C11H11BrN2O/c1-6-10(12)11(13)8-4-3-7(15-2)5-9(8)14-6/h3-5H,1-2H3,(H2,13,14). The van der Waals surface area contributed by atoms with Gasteiger partial charge in [-0.1, -0.05) is 0 Å². The summed E-state index contributed by atoms with van der Waals surface area (Å²) in [7, 11) is 1.64. The van der Waals surface area contributed by atoms with E-state index in [2.05, 4.69) is 20.9 Å². The predicted octanol–water partition coefficient (Wildman–Crippen LogP) is 2.90. The number of nitrogens with two attached hydrogens (primary N) is 1. The fraction of sp³-hybridized carbons (Fsp3) is 0.182. The molecule has 0 bridgehead atoms. The lowest BCUT2D eigenvalue weighted by Crippen LogP contribution is -1.95. The zero-order valence-corrected chi connectivity index (χ0v) is 10.1. The summed E-state index contributed by atoms with van der Waals surface area (Å²) in [4.78, 5) is 4.44. The van der Waals surface area contributed by atoms with E-state index in [9.17, 15) is 0 Å². The number of aryl methyl sites for hydroxylation is 1. The zero-order chi connectivity index (χ0) is 11.0. The van der Waals surface area contributed by atoms with E-state index in [-0.39, 0.29) is 0 Å². The minimum atomic E-state index is 0.722. The molecule has 1 aromatic carbocycles. The number of methoxy groups -OCH3 is 1. The van der Waals surface area contributed by atoms with Crippen LogP contribution in [0.2, 0.25) is 0 Å². The van der Waals surface area contributed by atoms with Crippen molar-refractivity contribution >= 4 is 32.5 Å². The molecule has 2 aromatic rings. The van der Waals surface area contributed by atoms with Gasteiger partial charge in [-0.2, -0.15) is 0 Å². The van der Waals surface area contributed by atoms with Crippen LogP contribution in [0.5, 0.6) is 5.75 Å². The van der Waals surface area contributed by atoms with Crippen LogP contribution in [0.1, 0.15) is 5.69 Å². The van der Waals surface area contributed by atoms with Gasteiger partial charge in [0.2, 0.25) is 0 Å². The molecule has 4 heteroatoms. The van der Waals surface area contributed by atoms with E-state index < -0.39 is 0 Å². The maximum atomic E-state index is 5.98. The van der Waals surface area contributed by atoms with E-state index in [0.717, 1.165) is 32.5 Å². The molecule has 2 rings (SSSR count). The number of nitrogens with zero attached hydrogens (tertiary/aromatic N) is 1. The van der Waals surface area contributed by atoms with Crippen LogP contribution in [0.15, 0.2) is 22.7 Å². The lowest BCUT2D eigenvalue weighted by atomic mass is 10.1. The van der Waals surface area contributed by atoms with E-state index >= 15 is 0 Å². The molecule has 1 heterocycles. The van der Waals surface area contributed by atoms with Crippen LogP contribution in [-0.4, -0.2) is 12.1 Å². The Morgan fingerprint density at radius 3 is 2.80 bits per heavy atom. The Morgan fingerprint density at radius 1 is 1.40 bits per heavy atom. The van der Waals surface area contributed by atoms with Gasteiger partial charge in [0, 0.05) is 11.5 Å². The number of fused-ring (bicyclic) bond motifs is 1. The van der Waals surface area contributed by atoms with Crippen LogP contribution >= 0.6 is 15.9 Å². The highest BCUT2D eigenvalue weighted by molar-refractivity contribution is 9.10. The second-order valence-corrected chi connectivity index (χ2v) is 4.10. The second kappa shape index (κ2) is 3.70. The highest BCUT2D eigenvalue weighted by Crippen LogP contribution is 2.31. The minimum absolute atomic E-state index is 0.722. The Balaban J connectivity index is 2.80. The van der Waals surface area contributed by atoms with Crippen molar-refractivity contribution in [1.29, 1.82) is 0 Å². The first-order valence-corrected chi connectivity index (χ1v) is 5.32. The third-order valence-corrected chi connectivity index (χ3v) is 3.34. The van der Waals surface area contributed by atoms with Crippen molar-refractivity contribution in [1.82, 2.24) is 4.98 Å². The van der Waals surface area contributed by atoms with Crippen molar-refractivity contribution in [3.8, 4) is 5.75 Å². The Kier molecular flexibility index (Phi) is 2.52. The topological polar surface area (TPSA) is 48.1 Å². The van der Waals surface area contributed by atoms with Crippen molar-refractivity contribution in [3.05, 3.63) is 28.4 Å². The van der Waals surface area contributed by atoms with Gasteiger partial charge in [-0.3, -0.25) is 4.98 Å². The van der Waals surface area contributed by atoms with Gasteiger partial charge in [-0.05, 0) is 35.0 Å². The van der Waals surface area contributed by atoms with E-state index in [0.29, 0.717) is 0 Å². The summed E-state index contributed by atoms with van der Waals surface area (Å²) in [5.74, 6) is 0.788. The van der Waals surface area contributed by atoms with Crippen molar-refractivity contribution in [3.63, 3.8) is 0 Å². The van der Waals surface area contributed by atoms with E-state index in [4.69, 9.17) is 10.5 Å². The molecular formula is C11H11BrN2O. The molecule has 0 aliphatic heterocycles. The smallest absolute Gasteiger partial charge is 0.121 e. The fourth-order valence-electron chi connectivity index (χ4n) is 1.50. The molecule has 0 unspecified atom stereocenters. The molecule has 0 saturated carbocycles. The SMILES string of the molecule is COc1ccc2c(N)c(Br)c(C)nc2c1. The molecular weight excluding hydrogens is 256 g/mol. The average molecular weight is 267 g/mol. The molecule has 0 spiro atoms. The average Bonchev–Trinajstić information content (AvgIpc) is 2.25. The monoisotopic (exact) mass is 266 g/mol. The van der Waals surface area contributed by atoms with Crippen molar-refractivity contribution < 1.29 is 4.74 Å². The minimum Gasteiger partial charge on any atom is -0.497 e. The lowest BCUT2D eigenvalue weighted by molar-refractivity contribution is 0.415. The van der Waals surface area contributed by atoms with Crippen molar-refractivity contribution in [2.75, 3.05) is 12.8 Å². The number of aromatic nitrogens is 1. The van der Waals surface area contributed by atoms with Gasteiger partial charge in [0.1, 0.15) is 5.75 Å². The molecule has 2 N–H and O–H groups in total. The first kappa shape index (κ1) is 10.2. The normalized spacial score (nSPS) is 10.6. The second-order valence-electron chi connectivity index (χ2n) is 3.31. The maximum absolute atomic E-state index is 5.98. The summed E-state index contributed by atoms with van der Waals surface area (Å²) < 4.78 is 6.00. The first-order chi connectivity index (χ1) is 7.13. The van der Waals surface area contributed by atoms with Gasteiger partial charge < -0.3 is 10.5 Å². The highest BCUT2D eigenvalue weighted by Gasteiger charge is 2.07. The van der Waals surface area contributed by atoms with Crippen LogP contribution in [0.25, 0.3) is 10.9 Å². The number of ether oxygens (including phenoxy) is 1. The van der Waals surface area contributed by atoms with Gasteiger partial charge in [-0.25, -0.2) is 0 Å². The largest absolute Gasteiger partial charge is 0.497 e. The third kappa shape index (κ3) is 1.65. The van der Waals surface area contributed by atoms with Gasteiger partial charge in [0.15, 0.2) is 0 Å². The molecule has 0 amide bonds. The Morgan fingerprint density at radius 2 is 2.13 bits per heavy atom. The van der Waals surface area contributed by atoms with Gasteiger partial charge >= 0.3 is 0 Å². The Labute approximate surface area is 96.4 Å². The lowest BCUT2D eigenvalue weighted by Gasteiger charge is -2.08. The number of anilines is 1. The summed E-state index contributed by atoms with van der Waals surface area (Å²) in [5, 5.41) is 0.938. The number of rotatable bonds is 1. The van der Waals surface area contributed by atoms with Crippen LogP contribution in [0, 0.1) is 6.92 Å². The summed E-state index contributed by atoms with van der Waals surface area (Å²) in [6.45, 7) is 1.92. The molecule has 0 radical (unpaired) electrons. The zero-order valence-electron chi connectivity index (χ0n) is 8.54. The predicted molar refractivity (Wildman–Crippen MR) is 65.1 cm³/mol. The van der Waals surface area contributed by atoms with Crippen LogP contribution < -0.4 is 10.5 Å². The maximum Gasteiger partial charge on any atom is 0.121 e.